The van der Waals surface area contributed by atoms with Gasteiger partial charge in [0.25, 0.3) is 0 Å². The number of alkyl halides is 1. The van der Waals surface area contributed by atoms with Crippen LogP contribution < -0.4 is 0 Å². The Morgan fingerprint density at radius 2 is 2.19 bits per heavy atom. The van der Waals surface area contributed by atoms with Crippen LogP contribution in [0.1, 0.15) is 21.5 Å². The molecule has 0 bridgehead atoms. The normalized spacial score (nSPS) is 12.7. The first-order valence-corrected chi connectivity index (χ1v) is 7.31. The Morgan fingerprint density at radius 3 is 2.88 bits per heavy atom. The molecular formula is C13H12BrClS. The molecule has 3 heteroatoms. The van der Waals surface area contributed by atoms with Crippen molar-refractivity contribution in [3.8, 4) is 0 Å². The molecule has 0 nitrogen and oxygen atoms in total. The molecule has 0 radical (unpaired) electrons. The monoisotopic (exact) mass is 314 g/mol. The number of rotatable bonds is 3. The van der Waals surface area contributed by atoms with Gasteiger partial charge in [0, 0.05) is 9.85 Å². The van der Waals surface area contributed by atoms with Gasteiger partial charge in [-0.2, -0.15) is 11.3 Å². The molecule has 0 aliphatic rings. The maximum absolute atomic E-state index is 6.02. The fraction of sp³-hybridized carbons (Fsp3) is 0.231. The summed E-state index contributed by atoms with van der Waals surface area (Å²) in [5.74, 6) is 0. The minimum Gasteiger partial charge on any atom is -0.152 e. The first kappa shape index (κ1) is 12.2. The van der Waals surface area contributed by atoms with E-state index in [2.05, 4.69) is 45.7 Å². The summed E-state index contributed by atoms with van der Waals surface area (Å²) in [6.07, 6.45) is 1.00. The van der Waals surface area contributed by atoms with Crippen LogP contribution in [0.25, 0.3) is 0 Å². The first-order valence-electron chi connectivity index (χ1n) is 5.08. The van der Waals surface area contributed by atoms with E-state index < -0.39 is 0 Å². The van der Waals surface area contributed by atoms with Crippen LogP contribution in [0, 0.1) is 6.92 Å². The highest BCUT2D eigenvalue weighted by Gasteiger charge is 2.11. The van der Waals surface area contributed by atoms with Gasteiger partial charge in [-0.15, -0.1) is 0 Å². The van der Waals surface area contributed by atoms with Crippen LogP contribution in [0.15, 0.2) is 35.0 Å². The third-order valence-corrected chi connectivity index (χ3v) is 4.36. The molecule has 0 fully saturated rings. The Kier molecular flexibility index (Phi) is 4.06. The summed E-state index contributed by atoms with van der Waals surface area (Å²) in [4.78, 5) is 0.334. The van der Waals surface area contributed by atoms with Crippen LogP contribution >= 0.6 is 38.9 Å². The Hall–Kier alpha value is -0.310. The van der Waals surface area contributed by atoms with E-state index in [1.165, 1.54) is 16.7 Å². The summed E-state index contributed by atoms with van der Waals surface area (Å²) < 4.78 is 0. The molecule has 1 heterocycles. The lowest BCUT2D eigenvalue weighted by Crippen LogP contribution is -1.97. The molecule has 0 amide bonds. The Balaban J connectivity index is 2.20. The molecule has 0 spiro atoms. The quantitative estimate of drug-likeness (QED) is 0.666. The minimum absolute atomic E-state index is 0.334. The lowest BCUT2D eigenvalue weighted by molar-refractivity contribution is 0.943. The fourth-order valence-corrected chi connectivity index (χ4v) is 3.40. The number of halogens is 2. The predicted octanol–water partition coefficient (Wildman–Crippen LogP) is 5.39. The van der Waals surface area contributed by atoms with Gasteiger partial charge in [-0.25, -0.2) is 0 Å². The van der Waals surface area contributed by atoms with Crippen LogP contribution in [0.4, 0.5) is 0 Å². The molecular weight excluding hydrogens is 304 g/mol. The lowest BCUT2D eigenvalue weighted by Gasteiger charge is -2.12. The van der Waals surface area contributed by atoms with Gasteiger partial charge in [-0.3, -0.25) is 0 Å². The topological polar surface area (TPSA) is 0 Å². The van der Waals surface area contributed by atoms with Crippen molar-refractivity contribution in [3.05, 3.63) is 56.7 Å². The van der Waals surface area contributed by atoms with Crippen LogP contribution in [0.2, 0.25) is 5.02 Å². The number of hydrogen-bond donors (Lipinski definition) is 0. The van der Waals surface area contributed by atoms with Gasteiger partial charge < -0.3 is 0 Å². The summed E-state index contributed by atoms with van der Waals surface area (Å²) in [6.45, 7) is 2.12. The van der Waals surface area contributed by atoms with Crippen molar-refractivity contribution in [1.29, 1.82) is 0 Å². The van der Waals surface area contributed by atoms with E-state index in [1.807, 2.05) is 12.1 Å². The third kappa shape index (κ3) is 2.88. The molecule has 0 saturated heterocycles. The zero-order valence-electron chi connectivity index (χ0n) is 8.91. The summed E-state index contributed by atoms with van der Waals surface area (Å²) in [7, 11) is 0. The average molecular weight is 316 g/mol. The summed E-state index contributed by atoms with van der Waals surface area (Å²) in [5.41, 5.74) is 3.92. The smallest absolute Gasteiger partial charge is 0.0439 e. The van der Waals surface area contributed by atoms with Crippen LogP contribution in [-0.4, -0.2) is 0 Å². The summed E-state index contributed by atoms with van der Waals surface area (Å²) >= 11 is 11.5. The van der Waals surface area contributed by atoms with Crippen LogP contribution in [0.5, 0.6) is 0 Å². The first-order chi connectivity index (χ1) is 7.66. The van der Waals surface area contributed by atoms with Crippen molar-refractivity contribution < 1.29 is 0 Å². The molecule has 0 aliphatic carbocycles. The molecule has 1 unspecified atom stereocenters. The highest BCUT2D eigenvalue weighted by Crippen LogP contribution is 2.31. The molecule has 0 N–H and O–H groups in total. The molecule has 16 heavy (non-hydrogen) atoms. The maximum Gasteiger partial charge on any atom is 0.0439 e. The van der Waals surface area contributed by atoms with Crippen molar-refractivity contribution >= 4 is 38.9 Å². The lowest BCUT2D eigenvalue weighted by atomic mass is 10.0. The van der Waals surface area contributed by atoms with Gasteiger partial charge in [-0.1, -0.05) is 33.6 Å². The summed E-state index contributed by atoms with van der Waals surface area (Å²) in [5, 5.41) is 5.10. The van der Waals surface area contributed by atoms with Crippen LogP contribution in [-0.2, 0) is 6.42 Å². The third-order valence-electron chi connectivity index (χ3n) is 2.57. The Labute approximate surface area is 113 Å². The van der Waals surface area contributed by atoms with Gasteiger partial charge in [0.05, 0.1) is 0 Å². The Morgan fingerprint density at radius 1 is 1.38 bits per heavy atom. The zero-order chi connectivity index (χ0) is 11.5. The van der Waals surface area contributed by atoms with E-state index in [4.69, 9.17) is 11.6 Å². The van der Waals surface area contributed by atoms with E-state index in [1.54, 1.807) is 11.3 Å². The van der Waals surface area contributed by atoms with E-state index in [0.717, 1.165) is 11.4 Å². The van der Waals surface area contributed by atoms with Crippen molar-refractivity contribution in [2.24, 2.45) is 0 Å². The predicted molar refractivity (Wildman–Crippen MR) is 75.9 cm³/mol. The van der Waals surface area contributed by atoms with Gasteiger partial charge in [0.2, 0.25) is 0 Å². The van der Waals surface area contributed by atoms with E-state index in [0.29, 0.717) is 4.83 Å². The average Bonchev–Trinajstić information content (AvgIpc) is 2.74. The van der Waals surface area contributed by atoms with Gasteiger partial charge in [0.1, 0.15) is 0 Å². The molecule has 2 aromatic rings. The number of thiophene rings is 1. The molecule has 84 valence electrons. The molecule has 2 rings (SSSR count). The highest BCUT2D eigenvalue weighted by atomic mass is 79.9. The molecule has 1 aromatic carbocycles. The maximum atomic E-state index is 6.02. The van der Waals surface area contributed by atoms with Gasteiger partial charge in [0.15, 0.2) is 0 Å². The van der Waals surface area contributed by atoms with Crippen molar-refractivity contribution in [3.63, 3.8) is 0 Å². The van der Waals surface area contributed by atoms with E-state index >= 15 is 0 Å². The second-order valence-corrected chi connectivity index (χ2v) is 6.13. The SMILES string of the molecule is Cc1ccc(Cl)cc1C(Br)Cc1ccsc1. The minimum atomic E-state index is 0.334. The largest absolute Gasteiger partial charge is 0.152 e. The molecule has 1 atom stereocenters. The second kappa shape index (κ2) is 5.35. The number of hydrogen-bond acceptors (Lipinski definition) is 1. The fourth-order valence-electron chi connectivity index (χ4n) is 1.67. The number of benzene rings is 1. The van der Waals surface area contributed by atoms with Crippen LogP contribution in [0.3, 0.4) is 0 Å². The Bertz CT molecular complexity index is 465. The molecule has 0 aliphatic heterocycles. The highest BCUT2D eigenvalue weighted by molar-refractivity contribution is 9.09. The van der Waals surface area contributed by atoms with Gasteiger partial charge >= 0.3 is 0 Å². The van der Waals surface area contributed by atoms with Gasteiger partial charge in [-0.05, 0) is 59.0 Å². The zero-order valence-corrected chi connectivity index (χ0v) is 12.1. The summed E-state index contributed by atoms with van der Waals surface area (Å²) in [6, 6.07) is 8.21. The van der Waals surface area contributed by atoms with Crippen molar-refractivity contribution in [1.82, 2.24) is 0 Å². The second-order valence-electron chi connectivity index (χ2n) is 3.80. The molecule has 0 saturated carbocycles. The number of aryl methyl sites for hydroxylation is 1. The van der Waals surface area contributed by atoms with Crippen molar-refractivity contribution in [2.45, 2.75) is 18.2 Å². The van der Waals surface area contributed by atoms with E-state index in [-0.39, 0.29) is 0 Å². The van der Waals surface area contributed by atoms with Crippen molar-refractivity contribution in [2.75, 3.05) is 0 Å². The van der Waals surface area contributed by atoms with E-state index in [9.17, 15) is 0 Å². The standard InChI is InChI=1S/C13H12BrClS/c1-9-2-3-11(15)7-12(9)13(14)6-10-4-5-16-8-10/h2-5,7-8,13H,6H2,1H3. The molecule has 1 aromatic heterocycles.